The van der Waals surface area contributed by atoms with Crippen LogP contribution in [0.3, 0.4) is 0 Å². The molecule has 0 aliphatic carbocycles. The molecule has 0 aliphatic rings. The minimum Gasteiger partial charge on any atom is -0.413 e. The SMILES string of the molecule is O=P(Oc1ccccc1)(Oc1ccccc1)c1ccc2ccccc2c1. The zero-order valence-electron chi connectivity index (χ0n) is 14.0. The molecule has 0 N–H and O–H groups in total. The molecule has 0 heterocycles. The Kier molecular flexibility index (Phi) is 4.47. The Bertz CT molecular complexity index is 1020. The Balaban J connectivity index is 1.79. The molecule has 4 aromatic carbocycles. The summed E-state index contributed by atoms with van der Waals surface area (Å²) in [5.74, 6) is 1.000. The summed E-state index contributed by atoms with van der Waals surface area (Å²) in [5, 5.41) is 2.57. The minimum absolute atomic E-state index is 0.500. The van der Waals surface area contributed by atoms with Gasteiger partial charge >= 0.3 is 7.60 Å². The number of fused-ring (bicyclic) bond motifs is 1. The zero-order chi connectivity index (χ0) is 17.8. The van der Waals surface area contributed by atoms with Gasteiger partial charge in [0.1, 0.15) is 11.5 Å². The summed E-state index contributed by atoms with van der Waals surface area (Å²) in [5.41, 5.74) is 0. The molecule has 0 spiro atoms. The lowest BCUT2D eigenvalue weighted by Gasteiger charge is -2.20. The second-order valence-electron chi connectivity index (χ2n) is 5.84. The summed E-state index contributed by atoms with van der Waals surface area (Å²) < 4.78 is 25.5. The zero-order valence-corrected chi connectivity index (χ0v) is 14.9. The summed E-state index contributed by atoms with van der Waals surface area (Å²) in [4.78, 5) is 0. The molecule has 0 bridgehead atoms. The molecule has 0 atom stereocenters. The predicted molar refractivity (Wildman–Crippen MR) is 105 cm³/mol. The van der Waals surface area contributed by atoms with E-state index in [1.54, 1.807) is 30.3 Å². The van der Waals surface area contributed by atoms with Gasteiger partial charge in [0.15, 0.2) is 0 Å². The number of hydrogen-bond acceptors (Lipinski definition) is 3. The highest BCUT2D eigenvalue weighted by Gasteiger charge is 2.31. The fourth-order valence-corrected chi connectivity index (χ4v) is 4.31. The summed E-state index contributed by atoms with van der Waals surface area (Å²) in [6.07, 6.45) is 0. The number of hydrogen-bond donors (Lipinski definition) is 0. The van der Waals surface area contributed by atoms with Crippen LogP contribution in [0.4, 0.5) is 0 Å². The van der Waals surface area contributed by atoms with E-state index in [0.29, 0.717) is 16.8 Å². The standard InChI is InChI=1S/C22H17O3P/c23-26(24-20-11-3-1-4-12-20,25-21-13-5-2-6-14-21)22-16-15-18-9-7-8-10-19(18)17-22/h1-17H. The molecule has 0 fully saturated rings. The van der Waals surface area contributed by atoms with Gasteiger partial charge in [-0.15, -0.1) is 0 Å². The number of benzene rings is 4. The number of para-hydroxylation sites is 2. The average Bonchev–Trinajstić information content (AvgIpc) is 2.69. The molecule has 0 amide bonds. The van der Waals surface area contributed by atoms with Crippen molar-refractivity contribution in [2.45, 2.75) is 0 Å². The smallest absolute Gasteiger partial charge is 0.413 e. The molecular weight excluding hydrogens is 343 g/mol. The first-order chi connectivity index (χ1) is 12.7. The molecular formula is C22H17O3P. The third kappa shape index (κ3) is 3.49. The highest BCUT2D eigenvalue weighted by atomic mass is 31.2. The highest BCUT2D eigenvalue weighted by molar-refractivity contribution is 7.63. The lowest BCUT2D eigenvalue weighted by atomic mass is 10.1. The van der Waals surface area contributed by atoms with Crippen molar-refractivity contribution in [1.29, 1.82) is 0 Å². The van der Waals surface area contributed by atoms with Crippen LogP contribution in [-0.2, 0) is 4.57 Å². The van der Waals surface area contributed by atoms with E-state index in [4.69, 9.17) is 9.05 Å². The van der Waals surface area contributed by atoms with Gasteiger partial charge in [0.05, 0.1) is 5.30 Å². The van der Waals surface area contributed by atoms with Crippen LogP contribution in [0, 0.1) is 0 Å². The van der Waals surface area contributed by atoms with Crippen LogP contribution in [-0.4, -0.2) is 0 Å². The van der Waals surface area contributed by atoms with Crippen molar-refractivity contribution in [3.8, 4) is 11.5 Å². The molecule has 4 aromatic rings. The van der Waals surface area contributed by atoms with E-state index in [1.807, 2.05) is 72.8 Å². The monoisotopic (exact) mass is 360 g/mol. The van der Waals surface area contributed by atoms with Crippen LogP contribution in [0.25, 0.3) is 10.8 Å². The van der Waals surface area contributed by atoms with Crippen LogP contribution in [0.15, 0.2) is 103 Å². The highest BCUT2D eigenvalue weighted by Crippen LogP contribution is 2.47. The lowest BCUT2D eigenvalue weighted by molar-refractivity contribution is 0.399. The van der Waals surface area contributed by atoms with E-state index in [0.717, 1.165) is 10.8 Å². The van der Waals surface area contributed by atoms with Crippen molar-refractivity contribution in [3.05, 3.63) is 103 Å². The summed E-state index contributed by atoms with van der Waals surface area (Å²) in [6, 6.07) is 31.7. The quantitative estimate of drug-likeness (QED) is 0.421. The predicted octanol–water partition coefficient (Wildman–Crippen LogP) is 5.82. The van der Waals surface area contributed by atoms with Crippen molar-refractivity contribution >= 4 is 23.7 Å². The van der Waals surface area contributed by atoms with E-state index in [2.05, 4.69) is 0 Å². The summed E-state index contributed by atoms with van der Waals surface area (Å²) >= 11 is 0. The van der Waals surface area contributed by atoms with Gasteiger partial charge in [0.25, 0.3) is 0 Å². The van der Waals surface area contributed by atoms with Crippen LogP contribution in [0.5, 0.6) is 11.5 Å². The van der Waals surface area contributed by atoms with Gasteiger partial charge in [-0.25, -0.2) is 4.57 Å². The maximum absolute atomic E-state index is 13.8. The van der Waals surface area contributed by atoms with Crippen LogP contribution in [0.1, 0.15) is 0 Å². The molecule has 0 unspecified atom stereocenters. The van der Waals surface area contributed by atoms with Gasteiger partial charge in [-0.05, 0) is 47.2 Å². The molecule has 26 heavy (non-hydrogen) atoms. The van der Waals surface area contributed by atoms with Gasteiger partial charge in [-0.1, -0.05) is 66.7 Å². The van der Waals surface area contributed by atoms with Gasteiger partial charge in [0, 0.05) is 0 Å². The third-order valence-corrected chi connectivity index (χ3v) is 5.80. The number of rotatable bonds is 5. The van der Waals surface area contributed by atoms with Crippen molar-refractivity contribution in [3.63, 3.8) is 0 Å². The third-order valence-electron chi connectivity index (χ3n) is 3.99. The average molecular weight is 360 g/mol. The van der Waals surface area contributed by atoms with Crippen molar-refractivity contribution in [2.24, 2.45) is 0 Å². The van der Waals surface area contributed by atoms with E-state index < -0.39 is 7.60 Å². The van der Waals surface area contributed by atoms with Crippen molar-refractivity contribution in [2.75, 3.05) is 0 Å². The second-order valence-corrected chi connectivity index (χ2v) is 7.71. The summed E-state index contributed by atoms with van der Waals surface area (Å²) in [6.45, 7) is 0. The van der Waals surface area contributed by atoms with E-state index in [-0.39, 0.29) is 0 Å². The van der Waals surface area contributed by atoms with Crippen LogP contribution < -0.4 is 14.4 Å². The normalized spacial score (nSPS) is 11.2. The van der Waals surface area contributed by atoms with Gasteiger partial charge in [-0.2, -0.15) is 0 Å². The molecule has 0 saturated carbocycles. The van der Waals surface area contributed by atoms with Gasteiger partial charge in [0.2, 0.25) is 0 Å². The van der Waals surface area contributed by atoms with E-state index in [9.17, 15) is 4.57 Å². The fraction of sp³-hybridized carbons (Fsp3) is 0. The summed E-state index contributed by atoms with van der Waals surface area (Å²) in [7, 11) is -3.62. The molecule has 0 aromatic heterocycles. The minimum atomic E-state index is -3.62. The van der Waals surface area contributed by atoms with E-state index >= 15 is 0 Å². The van der Waals surface area contributed by atoms with Crippen molar-refractivity contribution in [1.82, 2.24) is 0 Å². The molecule has 128 valence electrons. The Morgan fingerprint density at radius 2 is 1.04 bits per heavy atom. The fourth-order valence-electron chi connectivity index (χ4n) is 2.71. The molecule has 3 nitrogen and oxygen atoms in total. The molecule has 0 saturated heterocycles. The Labute approximate surface area is 152 Å². The van der Waals surface area contributed by atoms with Crippen molar-refractivity contribution < 1.29 is 13.6 Å². The van der Waals surface area contributed by atoms with Gasteiger partial charge < -0.3 is 9.05 Å². The maximum atomic E-state index is 13.8. The topological polar surface area (TPSA) is 35.5 Å². The lowest BCUT2D eigenvalue weighted by Crippen LogP contribution is -2.14. The first-order valence-electron chi connectivity index (χ1n) is 8.32. The molecule has 0 aliphatic heterocycles. The maximum Gasteiger partial charge on any atom is 0.462 e. The molecule has 4 heteroatoms. The first kappa shape index (κ1) is 16.4. The second kappa shape index (κ2) is 7.07. The van der Waals surface area contributed by atoms with Crippen LogP contribution in [0.2, 0.25) is 0 Å². The Morgan fingerprint density at radius 3 is 1.62 bits per heavy atom. The molecule has 0 radical (unpaired) electrons. The first-order valence-corrected chi connectivity index (χ1v) is 9.86. The Hall–Kier alpha value is -3.03. The van der Waals surface area contributed by atoms with Gasteiger partial charge in [-0.3, -0.25) is 0 Å². The largest absolute Gasteiger partial charge is 0.462 e. The molecule has 4 rings (SSSR count). The van der Waals surface area contributed by atoms with Crippen LogP contribution >= 0.6 is 7.60 Å². The van der Waals surface area contributed by atoms with E-state index in [1.165, 1.54) is 0 Å². The Morgan fingerprint density at radius 1 is 0.538 bits per heavy atom.